The zero-order valence-electron chi connectivity index (χ0n) is 10.8. The molecular weight excluding hydrogens is 231 g/mol. The third-order valence-corrected chi connectivity index (χ3v) is 3.11. The average molecular weight is 248 g/mol. The molecule has 2 aromatic rings. The molecule has 0 radical (unpaired) electrons. The second kappa shape index (κ2) is 5.27. The molecule has 0 amide bonds. The van der Waals surface area contributed by atoms with Crippen LogP contribution in [-0.2, 0) is 7.05 Å². The van der Waals surface area contributed by atoms with Gasteiger partial charge in [0.05, 0.1) is 18.4 Å². The van der Waals surface area contributed by atoms with Crippen LogP contribution >= 0.6 is 0 Å². The number of hydrogen-bond acceptors (Lipinski definition) is 3. The van der Waals surface area contributed by atoms with Gasteiger partial charge in [-0.25, -0.2) is 4.39 Å². The van der Waals surface area contributed by atoms with Gasteiger partial charge in [-0.05, 0) is 19.5 Å². The van der Waals surface area contributed by atoms with Crippen LogP contribution in [0.25, 0.3) is 0 Å². The van der Waals surface area contributed by atoms with Gasteiger partial charge >= 0.3 is 0 Å². The highest BCUT2D eigenvalue weighted by atomic mass is 19.1. The highest BCUT2D eigenvalue weighted by Crippen LogP contribution is 2.25. The quantitative estimate of drug-likeness (QED) is 0.899. The normalized spacial score (nSPS) is 12.7. The first kappa shape index (κ1) is 12.7. The minimum Gasteiger partial charge on any atom is -0.306 e. The lowest BCUT2D eigenvalue weighted by Gasteiger charge is -2.18. The number of nitrogens with one attached hydrogen (secondary N) is 1. The largest absolute Gasteiger partial charge is 0.306 e. The van der Waals surface area contributed by atoms with Gasteiger partial charge in [0.2, 0.25) is 0 Å². The fraction of sp³-hybridized carbons (Fsp3) is 0.385. The lowest BCUT2D eigenvalue weighted by Crippen LogP contribution is -2.23. The van der Waals surface area contributed by atoms with E-state index in [0.29, 0.717) is 5.56 Å². The van der Waals surface area contributed by atoms with Crippen molar-refractivity contribution >= 4 is 0 Å². The summed E-state index contributed by atoms with van der Waals surface area (Å²) >= 11 is 0. The van der Waals surface area contributed by atoms with E-state index < -0.39 is 0 Å². The van der Waals surface area contributed by atoms with Crippen LogP contribution in [0.1, 0.15) is 29.8 Å². The van der Waals surface area contributed by atoms with Crippen LogP contribution in [0.5, 0.6) is 0 Å². The van der Waals surface area contributed by atoms with Crippen LogP contribution in [0, 0.1) is 12.7 Å². The van der Waals surface area contributed by atoms with E-state index in [2.05, 4.69) is 15.4 Å². The number of halogens is 1. The molecule has 0 spiro atoms. The van der Waals surface area contributed by atoms with E-state index in [4.69, 9.17) is 0 Å². The van der Waals surface area contributed by atoms with Crippen LogP contribution in [0.4, 0.5) is 4.39 Å². The number of nitrogens with zero attached hydrogens (tertiary/aromatic N) is 3. The van der Waals surface area contributed by atoms with Crippen molar-refractivity contribution in [3.63, 3.8) is 0 Å². The smallest absolute Gasteiger partial charge is 0.146 e. The zero-order valence-corrected chi connectivity index (χ0v) is 10.8. The van der Waals surface area contributed by atoms with E-state index >= 15 is 0 Å². The van der Waals surface area contributed by atoms with Crippen molar-refractivity contribution in [2.45, 2.75) is 19.9 Å². The second-order valence-electron chi connectivity index (χ2n) is 4.20. The number of aromatic nitrogens is 3. The van der Waals surface area contributed by atoms with E-state index in [-0.39, 0.29) is 11.9 Å². The molecule has 0 saturated heterocycles. The minimum absolute atomic E-state index is 0.188. The molecule has 2 aromatic heterocycles. The zero-order chi connectivity index (χ0) is 13.1. The third kappa shape index (κ3) is 2.26. The molecule has 0 saturated carbocycles. The summed E-state index contributed by atoms with van der Waals surface area (Å²) in [6.07, 6.45) is 4.63. The SMILES string of the molecule is CCNC(c1ccncc1F)c1cnn(C)c1C. The van der Waals surface area contributed by atoms with Gasteiger partial charge in [-0.2, -0.15) is 5.10 Å². The molecule has 1 unspecified atom stereocenters. The molecule has 1 N–H and O–H groups in total. The Balaban J connectivity index is 2.47. The molecule has 0 aliphatic rings. The Labute approximate surface area is 106 Å². The molecule has 1 atom stereocenters. The Hall–Kier alpha value is -1.75. The Kier molecular flexibility index (Phi) is 3.72. The molecule has 2 rings (SSSR count). The Morgan fingerprint density at radius 3 is 2.72 bits per heavy atom. The molecule has 5 heteroatoms. The summed E-state index contributed by atoms with van der Waals surface area (Å²) in [5.74, 6) is -0.299. The van der Waals surface area contributed by atoms with Crippen molar-refractivity contribution in [2.75, 3.05) is 6.54 Å². The Morgan fingerprint density at radius 1 is 1.39 bits per heavy atom. The van der Waals surface area contributed by atoms with Gasteiger partial charge in [-0.15, -0.1) is 0 Å². The fourth-order valence-electron chi connectivity index (χ4n) is 2.01. The third-order valence-electron chi connectivity index (χ3n) is 3.11. The number of pyridine rings is 1. The molecule has 18 heavy (non-hydrogen) atoms. The van der Waals surface area contributed by atoms with Crippen LogP contribution in [0.2, 0.25) is 0 Å². The van der Waals surface area contributed by atoms with Gasteiger partial charge in [-0.3, -0.25) is 9.67 Å². The number of aryl methyl sites for hydroxylation is 1. The van der Waals surface area contributed by atoms with Crippen LogP contribution in [0.15, 0.2) is 24.7 Å². The molecular formula is C13H17FN4. The Bertz CT molecular complexity index is 536. The molecule has 0 bridgehead atoms. The molecule has 4 nitrogen and oxygen atoms in total. The first-order valence-electron chi connectivity index (χ1n) is 5.96. The van der Waals surface area contributed by atoms with Crippen molar-refractivity contribution in [2.24, 2.45) is 7.05 Å². The summed E-state index contributed by atoms with van der Waals surface area (Å²) in [5.41, 5.74) is 2.62. The van der Waals surface area contributed by atoms with Gasteiger partial charge in [0.15, 0.2) is 0 Å². The summed E-state index contributed by atoms with van der Waals surface area (Å²) in [7, 11) is 1.88. The maximum Gasteiger partial charge on any atom is 0.146 e. The summed E-state index contributed by atoms with van der Waals surface area (Å²) < 4.78 is 15.6. The highest BCUT2D eigenvalue weighted by Gasteiger charge is 2.20. The first-order valence-corrected chi connectivity index (χ1v) is 5.96. The van der Waals surface area contributed by atoms with Crippen molar-refractivity contribution in [3.8, 4) is 0 Å². The highest BCUT2D eigenvalue weighted by molar-refractivity contribution is 5.32. The van der Waals surface area contributed by atoms with E-state index in [1.165, 1.54) is 6.20 Å². The lowest BCUT2D eigenvalue weighted by atomic mass is 10.00. The maximum absolute atomic E-state index is 13.9. The summed E-state index contributed by atoms with van der Waals surface area (Å²) in [4.78, 5) is 3.79. The second-order valence-corrected chi connectivity index (χ2v) is 4.20. The molecule has 0 aliphatic carbocycles. The number of rotatable bonds is 4. The van der Waals surface area contributed by atoms with Crippen molar-refractivity contribution in [1.29, 1.82) is 0 Å². The average Bonchev–Trinajstić information content (AvgIpc) is 2.69. The standard InChI is InChI=1S/C13H17FN4/c1-4-16-13(10-5-6-15-8-12(10)14)11-7-17-18(3)9(11)2/h5-8,13,16H,4H2,1-3H3. The van der Waals surface area contributed by atoms with E-state index in [9.17, 15) is 4.39 Å². The van der Waals surface area contributed by atoms with Gasteiger partial charge in [0.25, 0.3) is 0 Å². The topological polar surface area (TPSA) is 42.7 Å². The van der Waals surface area contributed by atoms with Crippen molar-refractivity contribution < 1.29 is 4.39 Å². The van der Waals surface area contributed by atoms with Crippen LogP contribution in [0.3, 0.4) is 0 Å². The summed E-state index contributed by atoms with van der Waals surface area (Å²) in [6, 6.07) is 1.52. The predicted octanol–water partition coefficient (Wildman–Crippen LogP) is 1.96. The van der Waals surface area contributed by atoms with Crippen LogP contribution < -0.4 is 5.32 Å². The maximum atomic E-state index is 13.9. The molecule has 2 heterocycles. The van der Waals surface area contributed by atoms with Gasteiger partial charge in [0.1, 0.15) is 5.82 Å². The monoisotopic (exact) mass is 248 g/mol. The van der Waals surface area contributed by atoms with Gasteiger partial charge < -0.3 is 5.32 Å². The molecule has 0 aromatic carbocycles. The Morgan fingerprint density at radius 2 is 2.17 bits per heavy atom. The van der Waals surface area contributed by atoms with Crippen molar-refractivity contribution in [3.05, 3.63) is 47.3 Å². The minimum atomic E-state index is -0.299. The lowest BCUT2D eigenvalue weighted by molar-refractivity contribution is 0.552. The van der Waals surface area contributed by atoms with E-state index in [1.54, 1.807) is 23.1 Å². The number of hydrogen-bond donors (Lipinski definition) is 1. The van der Waals surface area contributed by atoms with Crippen molar-refractivity contribution in [1.82, 2.24) is 20.1 Å². The fourth-order valence-corrected chi connectivity index (χ4v) is 2.01. The van der Waals surface area contributed by atoms with E-state index in [0.717, 1.165) is 17.8 Å². The molecule has 96 valence electrons. The van der Waals surface area contributed by atoms with E-state index in [1.807, 2.05) is 20.9 Å². The van der Waals surface area contributed by atoms with Gasteiger partial charge in [-0.1, -0.05) is 6.92 Å². The van der Waals surface area contributed by atoms with Gasteiger partial charge in [0, 0.05) is 30.1 Å². The van der Waals surface area contributed by atoms with Crippen LogP contribution in [-0.4, -0.2) is 21.3 Å². The summed E-state index contributed by atoms with van der Waals surface area (Å²) in [5, 5.41) is 7.50. The molecule has 0 fully saturated rings. The predicted molar refractivity (Wildman–Crippen MR) is 67.7 cm³/mol. The molecule has 0 aliphatic heterocycles. The summed E-state index contributed by atoms with van der Waals surface area (Å²) in [6.45, 7) is 4.73. The first-order chi connectivity index (χ1) is 8.65.